The first-order valence-corrected chi connectivity index (χ1v) is 7.28. The van der Waals surface area contributed by atoms with E-state index in [9.17, 15) is 5.11 Å². The van der Waals surface area contributed by atoms with Crippen LogP contribution in [0.25, 0.3) is 10.6 Å². The Bertz CT molecular complexity index is 577. The number of thiazole rings is 1. The van der Waals surface area contributed by atoms with E-state index in [0.29, 0.717) is 0 Å². The van der Waals surface area contributed by atoms with Crippen LogP contribution in [0.4, 0.5) is 5.82 Å². The van der Waals surface area contributed by atoms with Gasteiger partial charge in [-0.3, -0.25) is 0 Å². The molecular weight excluding hydrogens is 258 g/mol. The van der Waals surface area contributed by atoms with Gasteiger partial charge in [0.05, 0.1) is 16.7 Å². The number of rotatable bonds is 2. The summed E-state index contributed by atoms with van der Waals surface area (Å²) in [7, 11) is 3.95. The highest BCUT2D eigenvalue weighted by Crippen LogP contribution is 2.37. The van der Waals surface area contributed by atoms with Crippen molar-refractivity contribution >= 4 is 17.2 Å². The van der Waals surface area contributed by atoms with Crippen LogP contribution in [-0.2, 0) is 6.42 Å². The van der Waals surface area contributed by atoms with Crippen LogP contribution in [0.1, 0.15) is 29.5 Å². The van der Waals surface area contributed by atoms with E-state index in [1.54, 1.807) is 11.3 Å². The molecule has 5 heteroatoms. The molecule has 1 atom stereocenters. The smallest absolute Gasteiger partial charge is 0.127 e. The summed E-state index contributed by atoms with van der Waals surface area (Å²) in [6, 6.07) is 4.03. The van der Waals surface area contributed by atoms with Crippen LogP contribution in [-0.4, -0.2) is 29.2 Å². The average Bonchev–Trinajstić information content (AvgIpc) is 2.84. The summed E-state index contributed by atoms with van der Waals surface area (Å²) in [6.45, 7) is 0. The molecule has 0 bridgehead atoms. The monoisotopic (exact) mass is 275 g/mol. The molecule has 0 aliphatic heterocycles. The lowest BCUT2D eigenvalue weighted by Gasteiger charge is -2.14. The van der Waals surface area contributed by atoms with E-state index in [0.717, 1.165) is 46.2 Å². The largest absolute Gasteiger partial charge is 0.388 e. The lowest BCUT2D eigenvalue weighted by molar-refractivity contribution is 0.160. The predicted octanol–water partition coefficient (Wildman–Crippen LogP) is 2.64. The number of fused-ring (bicyclic) bond motifs is 1. The second-order valence-electron chi connectivity index (χ2n) is 5.04. The highest BCUT2D eigenvalue weighted by atomic mass is 32.1. The van der Waals surface area contributed by atoms with Crippen molar-refractivity contribution in [3.63, 3.8) is 0 Å². The number of hydrogen-bond acceptors (Lipinski definition) is 5. The highest BCUT2D eigenvalue weighted by Gasteiger charge is 2.23. The van der Waals surface area contributed by atoms with Crippen LogP contribution in [0.15, 0.2) is 18.3 Å². The third-order valence-electron chi connectivity index (χ3n) is 3.37. The molecule has 2 aromatic rings. The van der Waals surface area contributed by atoms with Crippen LogP contribution in [0.2, 0.25) is 0 Å². The zero-order valence-electron chi connectivity index (χ0n) is 11.1. The van der Waals surface area contributed by atoms with Gasteiger partial charge in [0.2, 0.25) is 0 Å². The van der Waals surface area contributed by atoms with E-state index < -0.39 is 0 Å². The molecule has 0 spiro atoms. The zero-order valence-corrected chi connectivity index (χ0v) is 11.9. The molecule has 0 fully saturated rings. The van der Waals surface area contributed by atoms with Gasteiger partial charge in [-0.05, 0) is 31.4 Å². The number of nitrogens with zero attached hydrogens (tertiary/aromatic N) is 3. The number of pyridine rings is 1. The number of aromatic nitrogens is 2. The molecule has 0 saturated heterocycles. The Labute approximate surface area is 116 Å². The van der Waals surface area contributed by atoms with Gasteiger partial charge in [0, 0.05) is 25.9 Å². The summed E-state index contributed by atoms with van der Waals surface area (Å²) in [4.78, 5) is 12.1. The van der Waals surface area contributed by atoms with Gasteiger partial charge in [0.15, 0.2) is 0 Å². The summed E-state index contributed by atoms with van der Waals surface area (Å²) < 4.78 is 0. The fourth-order valence-electron chi connectivity index (χ4n) is 2.30. The lowest BCUT2D eigenvalue weighted by atomic mass is 10.0. The predicted molar refractivity (Wildman–Crippen MR) is 77.6 cm³/mol. The van der Waals surface area contributed by atoms with E-state index in [2.05, 4.69) is 9.97 Å². The maximum absolute atomic E-state index is 9.99. The lowest BCUT2D eigenvalue weighted by Crippen LogP contribution is -2.09. The molecule has 3 rings (SSSR count). The number of aryl methyl sites for hydroxylation is 1. The summed E-state index contributed by atoms with van der Waals surface area (Å²) in [5.74, 6) is 0.935. The fourth-order valence-corrected chi connectivity index (χ4v) is 3.42. The molecular formula is C14H17N3OS. The number of anilines is 1. The van der Waals surface area contributed by atoms with Gasteiger partial charge in [0.25, 0.3) is 0 Å². The van der Waals surface area contributed by atoms with Crippen molar-refractivity contribution in [3.05, 3.63) is 28.9 Å². The van der Waals surface area contributed by atoms with Gasteiger partial charge in [-0.15, -0.1) is 11.3 Å². The van der Waals surface area contributed by atoms with E-state index in [4.69, 9.17) is 0 Å². The first-order valence-electron chi connectivity index (χ1n) is 6.46. The van der Waals surface area contributed by atoms with Crippen molar-refractivity contribution in [1.29, 1.82) is 0 Å². The zero-order chi connectivity index (χ0) is 13.4. The Morgan fingerprint density at radius 2 is 2.21 bits per heavy atom. The third kappa shape index (κ3) is 2.35. The minimum Gasteiger partial charge on any atom is -0.388 e. The van der Waals surface area contributed by atoms with Gasteiger partial charge in [-0.2, -0.15) is 0 Å². The molecule has 0 saturated carbocycles. The summed E-state index contributed by atoms with van der Waals surface area (Å²) in [5, 5.41) is 10.9. The fraction of sp³-hybridized carbons (Fsp3) is 0.429. The third-order valence-corrected chi connectivity index (χ3v) is 4.62. The second-order valence-corrected chi connectivity index (χ2v) is 6.07. The molecule has 0 aromatic carbocycles. The van der Waals surface area contributed by atoms with Gasteiger partial charge < -0.3 is 10.0 Å². The maximum atomic E-state index is 9.99. The Balaban J connectivity index is 1.94. The molecule has 19 heavy (non-hydrogen) atoms. The van der Waals surface area contributed by atoms with Crippen molar-refractivity contribution < 1.29 is 5.11 Å². The molecule has 1 aliphatic carbocycles. The molecule has 0 amide bonds. The van der Waals surface area contributed by atoms with Crippen LogP contribution in [0.3, 0.4) is 0 Å². The number of aliphatic hydroxyl groups excluding tert-OH is 1. The van der Waals surface area contributed by atoms with Gasteiger partial charge >= 0.3 is 0 Å². The normalized spacial score (nSPS) is 18.2. The van der Waals surface area contributed by atoms with E-state index >= 15 is 0 Å². The minimum atomic E-state index is -0.330. The van der Waals surface area contributed by atoms with E-state index in [1.165, 1.54) is 0 Å². The molecule has 2 heterocycles. The van der Waals surface area contributed by atoms with Crippen LogP contribution < -0.4 is 4.90 Å². The van der Waals surface area contributed by atoms with Crippen LogP contribution >= 0.6 is 11.3 Å². The Morgan fingerprint density at radius 1 is 1.37 bits per heavy atom. The molecule has 1 aliphatic rings. The minimum absolute atomic E-state index is 0.330. The molecule has 1 N–H and O–H groups in total. The summed E-state index contributed by atoms with van der Waals surface area (Å²) in [5.41, 5.74) is 2.09. The van der Waals surface area contributed by atoms with Gasteiger partial charge in [-0.1, -0.05) is 0 Å². The average molecular weight is 275 g/mol. The molecule has 4 nitrogen and oxygen atoms in total. The van der Waals surface area contributed by atoms with Gasteiger partial charge in [0.1, 0.15) is 10.8 Å². The topological polar surface area (TPSA) is 49.2 Å². The summed E-state index contributed by atoms with van der Waals surface area (Å²) in [6.07, 6.45) is 4.38. The molecule has 0 radical (unpaired) electrons. The quantitative estimate of drug-likeness (QED) is 0.915. The first-order chi connectivity index (χ1) is 9.15. The number of hydrogen-bond donors (Lipinski definition) is 1. The van der Waals surface area contributed by atoms with E-state index in [1.807, 2.05) is 37.3 Å². The first kappa shape index (κ1) is 12.6. The molecule has 2 aromatic heterocycles. The van der Waals surface area contributed by atoms with Crippen molar-refractivity contribution in [3.8, 4) is 10.6 Å². The van der Waals surface area contributed by atoms with Crippen molar-refractivity contribution in [2.75, 3.05) is 19.0 Å². The van der Waals surface area contributed by atoms with Crippen molar-refractivity contribution in [2.24, 2.45) is 0 Å². The van der Waals surface area contributed by atoms with Crippen LogP contribution in [0, 0.1) is 0 Å². The summed E-state index contributed by atoms with van der Waals surface area (Å²) >= 11 is 1.60. The second kappa shape index (κ2) is 4.90. The Morgan fingerprint density at radius 3 is 2.84 bits per heavy atom. The van der Waals surface area contributed by atoms with Crippen molar-refractivity contribution in [2.45, 2.75) is 25.4 Å². The van der Waals surface area contributed by atoms with Crippen LogP contribution in [0.5, 0.6) is 0 Å². The molecule has 1 unspecified atom stereocenters. The van der Waals surface area contributed by atoms with Gasteiger partial charge in [-0.25, -0.2) is 9.97 Å². The standard InChI is InChI=1S/C14H17N3OS/c1-17(2)12-7-6-9(8-15-12)14-16-10-4-3-5-11(18)13(10)19-14/h6-8,11,18H,3-5H2,1-2H3. The molecule has 100 valence electrons. The Hall–Kier alpha value is -1.46. The van der Waals surface area contributed by atoms with E-state index in [-0.39, 0.29) is 6.10 Å². The number of aliphatic hydroxyl groups is 1. The van der Waals surface area contributed by atoms with Crippen molar-refractivity contribution in [1.82, 2.24) is 9.97 Å². The maximum Gasteiger partial charge on any atom is 0.127 e. The Kier molecular flexibility index (Phi) is 3.24. The SMILES string of the molecule is CN(C)c1ccc(-c2nc3c(s2)C(O)CCC3)cn1. The highest BCUT2D eigenvalue weighted by molar-refractivity contribution is 7.15.